The number of hydrogen-bond donors (Lipinski definition) is 0. The molecule has 98 valence electrons. The van der Waals surface area contributed by atoms with Crippen LogP contribution in [0.15, 0.2) is 101 Å². The molecule has 0 unspecified atom stereocenters. The Labute approximate surface area is 124 Å². The fourth-order valence-corrected chi connectivity index (χ4v) is 2.70. The summed E-state index contributed by atoms with van der Waals surface area (Å²) < 4.78 is 0. The van der Waals surface area contributed by atoms with Gasteiger partial charge in [-0.1, -0.05) is 60.7 Å². The summed E-state index contributed by atoms with van der Waals surface area (Å²) in [6, 6.07) is 20.7. The van der Waals surface area contributed by atoms with Crippen molar-refractivity contribution < 1.29 is 0 Å². The predicted molar refractivity (Wildman–Crippen MR) is 87.1 cm³/mol. The van der Waals surface area contributed by atoms with Gasteiger partial charge in [-0.05, 0) is 18.2 Å². The molecule has 1 aliphatic carbocycles. The molecule has 0 radical (unpaired) electrons. The van der Waals surface area contributed by atoms with Gasteiger partial charge in [0.2, 0.25) is 0 Å². The van der Waals surface area contributed by atoms with Gasteiger partial charge in [-0.25, -0.2) is 4.99 Å². The molecule has 21 heavy (non-hydrogen) atoms. The van der Waals surface area contributed by atoms with E-state index in [1.165, 1.54) is 5.57 Å². The van der Waals surface area contributed by atoms with E-state index in [-0.39, 0.29) is 0 Å². The van der Waals surface area contributed by atoms with E-state index < -0.39 is 0 Å². The maximum Gasteiger partial charge on any atom is 0.0795 e. The van der Waals surface area contributed by atoms with Gasteiger partial charge in [0, 0.05) is 22.3 Å². The average Bonchev–Trinajstić information content (AvgIpc) is 2.96. The third-order valence-electron chi connectivity index (χ3n) is 3.69. The second kappa shape index (κ2) is 4.90. The van der Waals surface area contributed by atoms with E-state index in [0.29, 0.717) is 0 Å². The van der Waals surface area contributed by atoms with Gasteiger partial charge in [0.05, 0.1) is 11.4 Å². The lowest BCUT2D eigenvalue weighted by Crippen LogP contribution is -2.02. The van der Waals surface area contributed by atoms with E-state index >= 15 is 0 Å². The van der Waals surface area contributed by atoms with Crippen LogP contribution in [0.2, 0.25) is 0 Å². The summed E-state index contributed by atoms with van der Waals surface area (Å²) in [6.07, 6.45) is 6.07. The Morgan fingerprint density at radius 2 is 1.43 bits per heavy atom. The van der Waals surface area contributed by atoms with Crippen LogP contribution < -0.4 is 0 Å². The summed E-state index contributed by atoms with van der Waals surface area (Å²) >= 11 is 0. The van der Waals surface area contributed by atoms with Crippen molar-refractivity contribution in [2.24, 2.45) is 4.99 Å². The number of nitrogens with zero attached hydrogens (tertiary/aromatic N) is 1. The lowest BCUT2D eigenvalue weighted by atomic mass is 9.94. The molecule has 0 atom stereocenters. The van der Waals surface area contributed by atoms with Gasteiger partial charge in [0.15, 0.2) is 0 Å². The highest BCUT2D eigenvalue weighted by molar-refractivity contribution is 6.22. The van der Waals surface area contributed by atoms with Crippen LogP contribution >= 0.6 is 0 Å². The Morgan fingerprint density at radius 3 is 2.14 bits per heavy atom. The summed E-state index contributed by atoms with van der Waals surface area (Å²) in [5.74, 6) is 0. The smallest absolute Gasteiger partial charge is 0.0795 e. The van der Waals surface area contributed by atoms with Crippen LogP contribution in [0, 0.1) is 0 Å². The fourth-order valence-electron chi connectivity index (χ4n) is 2.70. The Hall–Kier alpha value is -2.89. The molecule has 0 spiro atoms. The van der Waals surface area contributed by atoms with Crippen LogP contribution in [0.1, 0.15) is 11.1 Å². The molecule has 0 fully saturated rings. The normalized spacial score (nSPS) is 15.8. The first-order chi connectivity index (χ1) is 10.4. The zero-order valence-corrected chi connectivity index (χ0v) is 11.5. The number of hydrogen-bond acceptors (Lipinski definition) is 1. The molecule has 1 heterocycles. The third-order valence-corrected chi connectivity index (χ3v) is 3.69. The number of benzene rings is 2. The van der Waals surface area contributed by atoms with Gasteiger partial charge in [-0.3, -0.25) is 0 Å². The molecule has 2 aromatic carbocycles. The number of rotatable bonds is 2. The average molecular weight is 267 g/mol. The molecule has 0 N–H and O–H groups in total. The SMILES string of the molecule is C1=CC=C2C(c3ccccc3)=NC(c3ccccc3)=C2C=1. The van der Waals surface area contributed by atoms with Gasteiger partial charge >= 0.3 is 0 Å². The van der Waals surface area contributed by atoms with Crippen molar-refractivity contribution >= 4 is 11.4 Å². The third kappa shape index (κ3) is 2.01. The molecular formula is C20H13N. The molecule has 0 saturated heterocycles. The molecular weight excluding hydrogens is 254 g/mol. The zero-order valence-electron chi connectivity index (χ0n) is 11.5. The lowest BCUT2D eigenvalue weighted by Gasteiger charge is -2.06. The highest BCUT2D eigenvalue weighted by Gasteiger charge is 2.24. The van der Waals surface area contributed by atoms with Crippen LogP contribution in [-0.4, -0.2) is 5.71 Å². The number of aliphatic imine (C=N–C) groups is 1. The Kier molecular flexibility index (Phi) is 2.77. The van der Waals surface area contributed by atoms with Crippen LogP contribution in [0.5, 0.6) is 0 Å². The molecule has 0 amide bonds. The highest BCUT2D eigenvalue weighted by Crippen LogP contribution is 2.36. The first-order valence-corrected chi connectivity index (χ1v) is 7.01. The molecule has 0 aromatic heterocycles. The van der Waals surface area contributed by atoms with E-state index in [0.717, 1.165) is 28.1 Å². The Morgan fingerprint density at radius 1 is 0.762 bits per heavy atom. The first-order valence-electron chi connectivity index (χ1n) is 7.01. The van der Waals surface area contributed by atoms with Crippen LogP contribution in [0.3, 0.4) is 0 Å². The molecule has 0 saturated carbocycles. The van der Waals surface area contributed by atoms with Crippen molar-refractivity contribution in [1.82, 2.24) is 0 Å². The predicted octanol–water partition coefficient (Wildman–Crippen LogP) is 4.55. The van der Waals surface area contributed by atoms with Crippen molar-refractivity contribution in [3.63, 3.8) is 0 Å². The summed E-state index contributed by atoms with van der Waals surface area (Å²) in [4.78, 5) is 4.91. The van der Waals surface area contributed by atoms with E-state index in [1.54, 1.807) is 0 Å². The van der Waals surface area contributed by atoms with Gasteiger partial charge in [-0.15, -0.1) is 5.73 Å². The summed E-state index contributed by atoms with van der Waals surface area (Å²) in [5.41, 5.74) is 9.87. The van der Waals surface area contributed by atoms with E-state index in [4.69, 9.17) is 4.99 Å². The van der Waals surface area contributed by atoms with Gasteiger partial charge in [0.25, 0.3) is 0 Å². The zero-order chi connectivity index (χ0) is 14.1. The maximum absolute atomic E-state index is 4.91. The molecule has 1 heteroatoms. The van der Waals surface area contributed by atoms with Gasteiger partial charge in [-0.2, -0.15) is 0 Å². The summed E-state index contributed by atoms with van der Waals surface area (Å²) in [6.45, 7) is 0. The topological polar surface area (TPSA) is 12.4 Å². The minimum Gasteiger partial charge on any atom is -0.246 e. The Bertz CT molecular complexity index is 843. The summed E-state index contributed by atoms with van der Waals surface area (Å²) in [5, 5.41) is 0. The van der Waals surface area contributed by atoms with E-state index in [9.17, 15) is 0 Å². The lowest BCUT2D eigenvalue weighted by molar-refractivity contribution is 1.50. The van der Waals surface area contributed by atoms with Crippen LogP contribution in [-0.2, 0) is 0 Å². The maximum atomic E-state index is 4.91. The highest BCUT2D eigenvalue weighted by atomic mass is 14.8. The van der Waals surface area contributed by atoms with Crippen molar-refractivity contribution in [3.05, 3.63) is 107 Å². The standard InChI is InChI=1S/C20H13N/c1-3-9-15(10-4-1)19-17-13-7-8-14-18(17)20(21-19)16-11-5-2-6-12-16/h1-7,9-14H. The number of fused-ring (bicyclic) bond motifs is 1. The molecule has 1 aliphatic heterocycles. The first kappa shape index (κ1) is 11.9. The van der Waals surface area contributed by atoms with E-state index in [1.807, 2.05) is 48.6 Å². The van der Waals surface area contributed by atoms with Gasteiger partial charge in [0.1, 0.15) is 0 Å². The van der Waals surface area contributed by atoms with Crippen LogP contribution in [0.25, 0.3) is 5.70 Å². The second-order valence-corrected chi connectivity index (χ2v) is 5.01. The largest absolute Gasteiger partial charge is 0.246 e. The van der Waals surface area contributed by atoms with E-state index in [2.05, 4.69) is 36.1 Å². The van der Waals surface area contributed by atoms with Crippen molar-refractivity contribution in [2.75, 3.05) is 0 Å². The van der Waals surface area contributed by atoms with Gasteiger partial charge < -0.3 is 0 Å². The minimum absolute atomic E-state index is 1.03. The molecule has 2 aliphatic rings. The minimum atomic E-state index is 1.03. The quantitative estimate of drug-likeness (QED) is 0.708. The van der Waals surface area contributed by atoms with Crippen LogP contribution in [0.4, 0.5) is 0 Å². The summed E-state index contributed by atoms with van der Waals surface area (Å²) in [7, 11) is 0. The second-order valence-electron chi connectivity index (χ2n) is 5.01. The molecule has 4 rings (SSSR count). The number of allylic oxidation sites excluding steroid dienone is 4. The molecule has 0 bridgehead atoms. The monoisotopic (exact) mass is 267 g/mol. The van der Waals surface area contributed by atoms with Crippen molar-refractivity contribution in [3.8, 4) is 0 Å². The molecule has 1 nitrogen and oxygen atoms in total. The molecule has 2 aromatic rings. The fraction of sp³-hybridized carbons (Fsp3) is 0. The Balaban J connectivity index is 1.91. The van der Waals surface area contributed by atoms with Crippen molar-refractivity contribution in [2.45, 2.75) is 0 Å². The van der Waals surface area contributed by atoms with Crippen molar-refractivity contribution in [1.29, 1.82) is 0 Å².